The number of nitrogens with zero attached hydrogens (tertiary/aromatic N) is 2. The molecule has 0 aliphatic rings. The molecule has 5 rings (SSSR count). The first-order valence-electron chi connectivity index (χ1n) is 16.8. The van der Waals surface area contributed by atoms with Gasteiger partial charge >= 0.3 is 6.09 Å². The van der Waals surface area contributed by atoms with Crippen molar-refractivity contribution in [1.82, 2.24) is 10.2 Å². The minimum Gasteiger partial charge on any atom is -0.497 e. The number of hydrogen-bond donors (Lipinski definition) is 2. The van der Waals surface area contributed by atoms with Crippen molar-refractivity contribution >= 4 is 27.7 Å². The lowest BCUT2D eigenvalue weighted by molar-refractivity contribution is 0.0500. The minimum atomic E-state index is -3.76. The highest BCUT2D eigenvalue weighted by Crippen LogP contribution is 2.22. The average molecular weight is 722 g/mol. The summed E-state index contributed by atoms with van der Waals surface area (Å²) in [7, 11) is -0.748. The van der Waals surface area contributed by atoms with Crippen LogP contribution in [0.15, 0.2) is 140 Å². The van der Waals surface area contributed by atoms with Gasteiger partial charge in [-0.3, -0.25) is 9.10 Å². The topological polar surface area (TPSA) is 125 Å². The Morgan fingerprint density at radius 3 is 2.00 bits per heavy atom. The van der Waals surface area contributed by atoms with Crippen LogP contribution in [0.25, 0.3) is 0 Å². The third kappa shape index (κ3) is 10.7. The zero-order valence-electron chi connectivity index (χ0n) is 29.2. The summed E-state index contributed by atoms with van der Waals surface area (Å²) in [5.74, 6) is -0.0983. The van der Waals surface area contributed by atoms with E-state index in [2.05, 4.69) is 5.32 Å². The molecule has 10 nitrogen and oxygen atoms in total. The van der Waals surface area contributed by atoms with Gasteiger partial charge in [0.2, 0.25) is 10.0 Å². The summed E-state index contributed by atoms with van der Waals surface area (Å²) in [5.41, 5.74) is 3.60. The van der Waals surface area contributed by atoms with E-state index in [0.717, 1.165) is 21.0 Å². The number of aliphatic hydroxyl groups is 1. The third-order valence-corrected chi connectivity index (χ3v) is 10.3. The van der Waals surface area contributed by atoms with E-state index < -0.39 is 34.2 Å². The number of carbonyl (C=O) groups is 2. The Morgan fingerprint density at radius 1 is 0.750 bits per heavy atom. The number of anilines is 1. The van der Waals surface area contributed by atoms with Crippen molar-refractivity contribution in [2.45, 2.75) is 37.5 Å². The minimum absolute atomic E-state index is 0.0421. The molecule has 0 aliphatic carbocycles. The van der Waals surface area contributed by atoms with Crippen LogP contribution in [0.2, 0.25) is 0 Å². The molecule has 11 heteroatoms. The highest BCUT2D eigenvalue weighted by atomic mass is 32.2. The summed E-state index contributed by atoms with van der Waals surface area (Å²) >= 11 is 0. The molecular weight excluding hydrogens is 679 g/mol. The van der Waals surface area contributed by atoms with Gasteiger partial charge in [-0.1, -0.05) is 109 Å². The lowest BCUT2D eigenvalue weighted by Gasteiger charge is -2.30. The summed E-state index contributed by atoms with van der Waals surface area (Å²) in [6.07, 6.45) is -1.61. The number of rotatable bonds is 16. The first kappa shape index (κ1) is 37.6. The Balaban J connectivity index is 1.36. The number of hydrogen-bond acceptors (Lipinski definition) is 7. The molecule has 270 valence electrons. The molecule has 5 aromatic rings. The van der Waals surface area contributed by atoms with E-state index in [1.807, 2.05) is 78.9 Å². The van der Waals surface area contributed by atoms with Crippen LogP contribution >= 0.6 is 0 Å². The molecule has 0 spiro atoms. The van der Waals surface area contributed by atoms with Crippen LogP contribution in [0, 0.1) is 0 Å². The summed E-state index contributed by atoms with van der Waals surface area (Å²) in [5, 5.41) is 14.7. The molecule has 0 aromatic heterocycles. The summed E-state index contributed by atoms with van der Waals surface area (Å²) in [4.78, 5) is 28.8. The Hall–Kier alpha value is -5.65. The van der Waals surface area contributed by atoms with E-state index in [9.17, 15) is 23.1 Å². The van der Waals surface area contributed by atoms with Gasteiger partial charge in [0.15, 0.2) is 0 Å². The second kappa shape index (κ2) is 18.0. The average Bonchev–Trinajstić information content (AvgIpc) is 3.17. The molecule has 0 unspecified atom stereocenters. The monoisotopic (exact) mass is 721 g/mol. The van der Waals surface area contributed by atoms with E-state index in [4.69, 9.17) is 9.47 Å². The molecule has 0 saturated carbocycles. The zero-order chi connectivity index (χ0) is 36.9. The standard InChI is InChI=1S/C41H43N3O7S/c1-43(52(48,49)30-33-18-10-5-11-19-33)36-22-13-21-35(26-36)40(46)42-38(25-31-14-6-3-7-15-31)39(45)28-44(27-34-20-12-23-37(24-34)50-2)41(47)51-29-32-16-8-4-9-17-32/h3-24,26,38-39,45H,25,27-30H2,1-2H3,(H,42,46)/t38-,39+/m0/s1. The summed E-state index contributed by atoms with van der Waals surface area (Å²) in [6.45, 7) is -0.0107. The van der Waals surface area contributed by atoms with E-state index in [0.29, 0.717) is 17.0 Å². The molecule has 52 heavy (non-hydrogen) atoms. The van der Waals surface area contributed by atoms with Crippen molar-refractivity contribution in [1.29, 1.82) is 0 Å². The Bertz CT molecular complexity index is 2010. The molecule has 0 saturated heterocycles. The number of methoxy groups -OCH3 is 1. The Morgan fingerprint density at radius 2 is 1.35 bits per heavy atom. The van der Waals surface area contributed by atoms with Crippen LogP contribution in [0.3, 0.4) is 0 Å². The molecule has 0 radical (unpaired) electrons. The van der Waals surface area contributed by atoms with Gasteiger partial charge in [-0.2, -0.15) is 0 Å². The Kier molecular flexibility index (Phi) is 13.0. The van der Waals surface area contributed by atoms with Crippen molar-refractivity contribution in [2.24, 2.45) is 0 Å². The van der Waals surface area contributed by atoms with E-state index in [1.165, 1.54) is 18.0 Å². The fourth-order valence-electron chi connectivity index (χ4n) is 5.65. The number of aliphatic hydroxyl groups excluding tert-OH is 1. The van der Waals surface area contributed by atoms with Crippen molar-refractivity contribution in [3.8, 4) is 5.75 Å². The van der Waals surface area contributed by atoms with Crippen molar-refractivity contribution in [2.75, 3.05) is 25.0 Å². The molecule has 2 amide bonds. The zero-order valence-corrected chi connectivity index (χ0v) is 30.0. The van der Waals surface area contributed by atoms with Gasteiger partial charge < -0.3 is 24.8 Å². The van der Waals surface area contributed by atoms with Crippen LogP contribution in [0.1, 0.15) is 32.6 Å². The second-order valence-electron chi connectivity index (χ2n) is 12.4. The van der Waals surface area contributed by atoms with Crippen LogP contribution < -0.4 is 14.4 Å². The highest BCUT2D eigenvalue weighted by molar-refractivity contribution is 7.92. The molecule has 2 atom stereocenters. The fraction of sp³-hybridized carbons (Fsp3) is 0.220. The van der Waals surface area contributed by atoms with Crippen molar-refractivity contribution in [3.63, 3.8) is 0 Å². The first-order chi connectivity index (χ1) is 25.1. The summed E-state index contributed by atoms with van der Waals surface area (Å²) < 4.78 is 38.7. The molecule has 0 heterocycles. The second-order valence-corrected chi connectivity index (χ2v) is 14.4. The predicted octanol–water partition coefficient (Wildman–Crippen LogP) is 6.20. The summed E-state index contributed by atoms with van der Waals surface area (Å²) in [6, 6.07) is 40.3. The lowest BCUT2D eigenvalue weighted by Crippen LogP contribution is -2.50. The number of carbonyl (C=O) groups excluding carboxylic acids is 2. The number of benzene rings is 5. The van der Waals surface area contributed by atoms with Crippen LogP contribution in [-0.4, -0.2) is 63.3 Å². The number of sulfonamides is 1. The van der Waals surface area contributed by atoms with Crippen molar-refractivity contribution in [3.05, 3.63) is 167 Å². The smallest absolute Gasteiger partial charge is 0.410 e. The lowest BCUT2D eigenvalue weighted by atomic mass is 10.00. The largest absolute Gasteiger partial charge is 0.497 e. The van der Waals surface area contributed by atoms with E-state index >= 15 is 0 Å². The van der Waals surface area contributed by atoms with Gasteiger partial charge in [0.1, 0.15) is 12.4 Å². The normalized spacial score (nSPS) is 12.3. The third-order valence-electron chi connectivity index (χ3n) is 8.54. The maximum absolute atomic E-state index is 13.8. The molecule has 0 fully saturated rings. The molecule has 0 bridgehead atoms. The van der Waals surface area contributed by atoms with Crippen molar-refractivity contribution < 1.29 is 32.6 Å². The molecule has 0 aliphatic heterocycles. The number of amides is 2. The van der Waals surface area contributed by atoms with Crippen LogP contribution in [0.4, 0.5) is 10.5 Å². The molecule has 2 N–H and O–H groups in total. The van der Waals surface area contributed by atoms with Gasteiger partial charge in [-0.15, -0.1) is 0 Å². The van der Waals surface area contributed by atoms with Gasteiger partial charge in [-0.25, -0.2) is 13.2 Å². The molecular formula is C41H43N3O7S. The number of nitrogens with one attached hydrogen (secondary N) is 1. The van der Waals surface area contributed by atoms with Gasteiger partial charge in [0, 0.05) is 19.2 Å². The van der Waals surface area contributed by atoms with Crippen LogP contribution in [-0.2, 0) is 40.1 Å². The molecule has 5 aromatic carbocycles. The maximum atomic E-state index is 13.8. The maximum Gasteiger partial charge on any atom is 0.410 e. The highest BCUT2D eigenvalue weighted by Gasteiger charge is 2.28. The van der Waals surface area contributed by atoms with E-state index in [1.54, 1.807) is 61.7 Å². The van der Waals surface area contributed by atoms with Crippen LogP contribution in [0.5, 0.6) is 5.75 Å². The first-order valence-corrected chi connectivity index (χ1v) is 18.4. The number of ether oxygens (including phenoxy) is 2. The van der Waals surface area contributed by atoms with E-state index in [-0.39, 0.29) is 37.4 Å². The van der Waals surface area contributed by atoms with Gasteiger partial charge in [0.25, 0.3) is 5.91 Å². The fourth-order valence-corrected chi connectivity index (χ4v) is 6.89. The SMILES string of the molecule is COc1cccc(CN(C[C@@H](O)[C@H](Cc2ccccc2)NC(=O)c2cccc(N(C)S(=O)(=O)Cc3ccccc3)c2)C(=O)OCc2ccccc2)c1. The quantitative estimate of drug-likeness (QED) is 0.124. The van der Waals surface area contributed by atoms with Gasteiger partial charge in [-0.05, 0) is 59.0 Å². The van der Waals surface area contributed by atoms with Gasteiger partial charge in [0.05, 0.1) is 37.2 Å². The predicted molar refractivity (Wildman–Crippen MR) is 201 cm³/mol. The Labute approximate surface area is 305 Å².